The molecular weight excluding hydrogens is 258 g/mol. The Hall–Kier alpha value is -1.27. The summed E-state index contributed by atoms with van der Waals surface area (Å²) in [5, 5.41) is 4.19. The lowest BCUT2D eigenvalue weighted by atomic mass is 10.3. The normalized spacial score (nSPS) is 10.6. The highest BCUT2D eigenvalue weighted by Crippen LogP contribution is 2.21. The van der Waals surface area contributed by atoms with Crippen LogP contribution in [0, 0.1) is 6.92 Å². The molecule has 2 heterocycles. The van der Waals surface area contributed by atoms with Crippen molar-refractivity contribution in [1.82, 2.24) is 19.7 Å². The highest BCUT2D eigenvalue weighted by Gasteiger charge is 2.08. The van der Waals surface area contributed by atoms with Gasteiger partial charge in [0.25, 0.3) is 0 Å². The number of pyridine rings is 1. The van der Waals surface area contributed by atoms with Crippen LogP contribution in [0.4, 0.5) is 0 Å². The lowest BCUT2D eigenvalue weighted by molar-refractivity contribution is 0.803. The number of hydrogen-bond acceptors (Lipinski definition) is 4. The summed E-state index contributed by atoms with van der Waals surface area (Å²) in [6.45, 7) is 2.33. The zero-order valence-corrected chi connectivity index (χ0v) is 9.77. The van der Waals surface area contributed by atoms with Crippen LogP contribution in [0.2, 0.25) is 0 Å². The third-order valence-electron chi connectivity index (χ3n) is 2.00. The number of aromatic nitrogens is 4. The summed E-state index contributed by atoms with van der Waals surface area (Å²) in [6, 6.07) is 1.92. The van der Waals surface area contributed by atoms with Crippen LogP contribution in [0.3, 0.4) is 0 Å². The third kappa shape index (κ3) is 1.91. The van der Waals surface area contributed by atoms with E-state index in [-0.39, 0.29) is 0 Å². The van der Waals surface area contributed by atoms with Gasteiger partial charge in [-0.1, -0.05) is 0 Å². The van der Waals surface area contributed by atoms with Crippen LogP contribution in [0.15, 0.2) is 23.1 Å². The second-order valence-corrected chi connectivity index (χ2v) is 3.87. The molecule has 0 bridgehead atoms. The van der Waals surface area contributed by atoms with Crippen molar-refractivity contribution in [2.45, 2.75) is 13.5 Å². The van der Waals surface area contributed by atoms with Gasteiger partial charge in [-0.15, -0.1) is 5.10 Å². The Morgan fingerprint density at radius 2 is 2.27 bits per heavy atom. The van der Waals surface area contributed by atoms with Crippen LogP contribution < -0.4 is 5.73 Å². The van der Waals surface area contributed by atoms with Crippen LogP contribution >= 0.6 is 15.9 Å². The minimum absolute atomic E-state index is 0.330. The number of nitrogens with zero attached hydrogens (tertiary/aromatic N) is 4. The average molecular weight is 268 g/mol. The highest BCUT2D eigenvalue weighted by molar-refractivity contribution is 9.10. The molecule has 0 saturated carbocycles. The van der Waals surface area contributed by atoms with Gasteiger partial charge in [0.2, 0.25) is 0 Å². The summed E-state index contributed by atoms with van der Waals surface area (Å²) in [5.41, 5.74) is 6.54. The van der Waals surface area contributed by atoms with Gasteiger partial charge < -0.3 is 5.73 Å². The van der Waals surface area contributed by atoms with Gasteiger partial charge in [-0.2, -0.15) is 0 Å². The van der Waals surface area contributed by atoms with Crippen LogP contribution in [-0.4, -0.2) is 19.7 Å². The largest absolute Gasteiger partial charge is 0.324 e. The molecule has 0 spiro atoms. The van der Waals surface area contributed by atoms with Crippen LogP contribution in [0.1, 0.15) is 11.4 Å². The van der Waals surface area contributed by atoms with Gasteiger partial charge in [-0.3, -0.25) is 0 Å². The molecule has 0 unspecified atom stereocenters. The van der Waals surface area contributed by atoms with E-state index < -0.39 is 0 Å². The SMILES string of the molecule is Cc1ccnc(-n2cnc(CN)n2)c1Br. The molecule has 15 heavy (non-hydrogen) atoms. The molecule has 0 aliphatic rings. The smallest absolute Gasteiger partial charge is 0.169 e. The van der Waals surface area contributed by atoms with E-state index in [9.17, 15) is 0 Å². The first-order chi connectivity index (χ1) is 7.22. The monoisotopic (exact) mass is 267 g/mol. The zero-order valence-electron chi connectivity index (χ0n) is 8.18. The molecule has 6 heteroatoms. The van der Waals surface area contributed by atoms with Crippen LogP contribution in [0.5, 0.6) is 0 Å². The maximum atomic E-state index is 5.44. The second kappa shape index (κ2) is 4.08. The maximum Gasteiger partial charge on any atom is 0.169 e. The van der Waals surface area contributed by atoms with Crippen LogP contribution in [0.25, 0.3) is 5.82 Å². The molecule has 78 valence electrons. The Morgan fingerprint density at radius 1 is 1.47 bits per heavy atom. The summed E-state index contributed by atoms with van der Waals surface area (Å²) >= 11 is 3.47. The topological polar surface area (TPSA) is 69.6 Å². The van der Waals surface area contributed by atoms with Gasteiger partial charge >= 0.3 is 0 Å². The van der Waals surface area contributed by atoms with Gasteiger partial charge in [0.1, 0.15) is 6.33 Å². The molecule has 0 radical (unpaired) electrons. The number of rotatable bonds is 2. The summed E-state index contributed by atoms with van der Waals surface area (Å²) in [7, 11) is 0. The minimum Gasteiger partial charge on any atom is -0.324 e. The molecule has 0 amide bonds. The average Bonchev–Trinajstić information content (AvgIpc) is 2.70. The fourth-order valence-electron chi connectivity index (χ4n) is 1.18. The summed E-state index contributed by atoms with van der Waals surface area (Å²) in [6.07, 6.45) is 3.34. The summed E-state index contributed by atoms with van der Waals surface area (Å²) in [4.78, 5) is 8.28. The van der Waals surface area contributed by atoms with Crippen LogP contribution in [-0.2, 0) is 6.54 Å². The predicted octanol–water partition coefficient (Wildman–Crippen LogP) is 1.19. The third-order valence-corrected chi connectivity index (χ3v) is 2.98. The van der Waals surface area contributed by atoms with Crippen molar-refractivity contribution >= 4 is 15.9 Å². The fraction of sp³-hybridized carbons (Fsp3) is 0.222. The quantitative estimate of drug-likeness (QED) is 0.888. The summed E-state index contributed by atoms with van der Waals surface area (Å²) in [5.74, 6) is 1.33. The van der Waals surface area contributed by atoms with E-state index in [0.717, 1.165) is 15.9 Å². The molecule has 0 atom stereocenters. The van der Waals surface area contributed by atoms with Crippen molar-refractivity contribution < 1.29 is 0 Å². The lowest BCUT2D eigenvalue weighted by Crippen LogP contribution is -2.03. The molecule has 2 rings (SSSR count). The van der Waals surface area contributed by atoms with Gasteiger partial charge in [0.15, 0.2) is 11.6 Å². The van der Waals surface area contributed by atoms with E-state index in [0.29, 0.717) is 12.4 Å². The Morgan fingerprint density at radius 3 is 2.93 bits per heavy atom. The molecule has 2 aromatic rings. The van der Waals surface area contributed by atoms with Crippen molar-refractivity contribution in [3.05, 3.63) is 34.5 Å². The van der Waals surface area contributed by atoms with Crippen molar-refractivity contribution in [2.75, 3.05) is 0 Å². The number of halogens is 1. The Kier molecular flexibility index (Phi) is 2.79. The van der Waals surface area contributed by atoms with Crippen molar-refractivity contribution in [3.63, 3.8) is 0 Å². The van der Waals surface area contributed by atoms with Gasteiger partial charge in [-0.25, -0.2) is 14.6 Å². The predicted molar refractivity (Wildman–Crippen MR) is 59.5 cm³/mol. The number of nitrogens with two attached hydrogens (primary N) is 1. The summed E-state index contributed by atoms with van der Waals surface area (Å²) < 4.78 is 2.53. The van der Waals surface area contributed by atoms with Crippen molar-refractivity contribution in [2.24, 2.45) is 5.73 Å². The van der Waals surface area contributed by atoms with E-state index in [1.165, 1.54) is 0 Å². The molecule has 0 saturated heterocycles. The first-order valence-electron chi connectivity index (χ1n) is 4.44. The zero-order chi connectivity index (χ0) is 10.8. The molecule has 0 aliphatic heterocycles. The van der Waals surface area contributed by atoms with E-state index in [1.807, 2.05) is 13.0 Å². The second-order valence-electron chi connectivity index (χ2n) is 3.07. The van der Waals surface area contributed by atoms with Gasteiger partial charge in [0, 0.05) is 6.20 Å². The fourth-order valence-corrected chi connectivity index (χ4v) is 1.59. The molecular formula is C9H10BrN5. The molecule has 2 N–H and O–H groups in total. The first-order valence-corrected chi connectivity index (χ1v) is 5.23. The van der Waals surface area contributed by atoms with Crippen molar-refractivity contribution in [1.29, 1.82) is 0 Å². The maximum absolute atomic E-state index is 5.44. The number of hydrogen-bond donors (Lipinski definition) is 1. The van der Waals surface area contributed by atoms with E-state index in [2.05, 4.69) is 31.0 Å². The minimum atomic E-state index is 0.330. The molecule has 0 aliphatic carbocycles. The molecule has 2 aromatic heterocycles. The molecule has 0 fully saturated rings. The number of aryl methyl sites for hydroxylation is 1. The standard InChI is InChI=1S/C9H10BrN5/c1-6-2-3-12-9(8(6)10)15-5-13-7(4-11)14-15/h2-3,5H,4,11H2,1H3. The Balaban J connectivity index is 2.49. The van der Waals surface area contributed by atoms with E-state index in [4.69, 9.17) is 5.73 Å². The molecule has 0 aromatic carbocycles. The van der Waals surface area contributed by atoms with Gasteiger partial charge in [0.05, 0.1) is 11.0 Å². The highest BCUT2D eigenvalue weighted by atomic mass is 79.9. The van der Waals surface area contributed by atoms with Crippen molar-refractivity contribution in [3.8, 4) is 5.82 Å². The van der Waals surface area contributed by atoms with Gasteiger partial charge in [-0.05, 0) is 34.5 Å². The van der Waals surface area contributed by atoms with E-state index in [1.54, 1.807) is 17.2 Å². The first kappa shape index (κ1) is 10.3. The molecule has 5 nitrogen and oxygen atoms in total. The van der Waals surface area contributed by atoms with E-state index >= 15 is 0 Å². The Labute approximate surface area is 95.5 Å². The lowest BCUT2D eigenvalue weighted by Gasteiger charge is -2.04. The Bertz CT molecular complexity index is 479.